The Hall–Kier alpha value is -2.14. The number of carboxylic acids is 1. The van der Waals surface area contributed by atoms with Crippen LogP contribution in [0.25, 0.3) is 0 Å². The molecule has 0 aromatic heterocycles. The topological polar surface area (TPSA) is 66.4 Å². The Balaban J connectivity index is 2.26. The van der Waals surface area contributed by atoms with Crippen LogP contribution in [-0.4, -0.2) is 17.0 Å². The minimum absolute atomic E-state index is 0.133. The number of nitrogens with one attached hydrogen (secondary N) is 1. The zero-order valence-electron chi connectivity index (χ0n) is 10.7. The molecule has 0 bridgehead atoms. The highest BCUT2D eigenvalue weighted by Gasteiger charge is 2.11. The van der Waals surface area contributed by atoms with Gasteiger partial charge in [0.25, 0.3) is 5.91 Å². The predicted molar refractivity (Wildman–Crippen MR) is 80.2 cm³/mol. The van der Waals surface area contributed by atoms with Crippen molar-refractivity contribution in [2.24, 2.45) is 0 Å². The van der Waals surface area contributed by atoms with E-state index < -0.39 is 5.97 Å². The van der Waals surface area contributed by atoms with E-state index in [0.29, 0.717) is 11.3 Å². The number of benzene rings is 2. The molecule has 0 aliphatic carbocycles. The van der Waals surface area contributed by atoms with Gasteiger partial charge in [0.1, 0.15) is 0 Å². The van der Waals surface area contributed by atoms with Crippen LogP contribution in [0.1, 0.15) is 26.3 Å². The average molecular weight is 334 g/mol. The first-order valence-corrected chi connectivity index (χ1v) is 6.68. The molecule has 0 saturated carbocycles. The Bertz CT molecular complexity index is 683. The highest BCUT2D eigenvalue weighted by molar-refractivity contribution is 9.10. The van der Waals surface area contributed by atoms with Gasteiger partial charge in [0.15, 0.2) is 0 Å². The maximum atomic E-state index is 12.2. The summed E-state index contributed by atoms with van der Waals surface area (Å²) in [6, 6.07) is 11.5. The van der Waals surface area contributed by atoms with Gasteiger partial charge in [0, 0.05) is 15.7 Å². The third kappa shape index (κ3) is 3.05. The second kappa shape index (κ2) is 5.88. The lowest BCUT2D eigenvalue weighted by Crippen LogP contribution is -2.14. The molecule has 5 heteroatoms. The van der Waals surface area contributed by atoms with E-state index in [0.717, 1.165) is 10.0 Å². The first kappa shape index (κ1) is 14.3. The molecule has 0 unspecified atom stereocenters. The molecule has 1 amide bonds. The molecule has 20 heavy (non-hydrogen) atoms. The quantitative estimate of drug-likeness (QED) is 0.899. The summed E-state index contributed by atoms with van der Waals surface area (Å²) < 4.78 is 0.851. The lowest BCUT2D eigenvalue weighted by molar-refractivity contribution is 0.0696. The standard InChI is InChI=1S/C15H12BrNO3/c1-9-12(6-3-7-13(9)16)14(18)17-11-5-2-4-10(8-11)15(19)20/h2-8H,1H3,(H,17,18)(H,19,20). The molecule has 0 atom stereocenters. The Labute approximate surface area is 124 Å². The average Bonchev–Trinajstić information content (AvgIpc) is 2.42. The van der Waals surface area contributed by atoms with E-state index >= 15 is 0 Å². The van der Waals surface area contributed by atoms with Crippen LogP contribution in [0.2, 0.25) is 0 Å². The van der Waals surface area contributed by atoms with E-state index in [-0.39, 0.29) is 11.5 Å². The molecule has 0 radical (unpaired) electrons. The van der Waals surface area contributed by atoms with Gasteiger partial charge in [-0.25, -0.2) is 4.79 Å². The Morgan fingerprint density at radius 3 is 2.55 bits per heavy atom. The van der Waals surface area contributed by atoms with Crippen LogP contribution in [0.4, 0.5) is 5.69 Å². The van der Waals surface area contributed by atoms with E-state index in [1.54, 1.807) is 24.3 Å². The van der Waals surface area contributed by atoms with Crippen molar-refractivity contribution in [2.75, 3.05) is 5.32 Å². The van der Waals surface area contributed by atoms with Crippen molar-refractivity contribution in [3.05, 3.63) is 63.6 Å². The number of halogens is 1. The van der Waals surface area contributed by atoms with Gasteiger partial charge < -0.3 is 10.4 Å². The third-order valence-corrected chi connectivity index (χ3v) is 3.74. The van der Waals surface area contributed by atoms with E-state index in [1.807, 2.05) is 13.0 Å². The molecule has 4 nitrogen and oxygen atoms in total. The van der Waals surface area contributed by atoms with Gasteiger partial charge in [-0.3, -0.25) is 4.79 Å². The molecule has 0 aliphatic rings. The van der Waals surface area contributed by atoms with Crippen LogP contribution in [0.5, 0.6) is 0 Å². The molecule has 0 spiro atoms. The smallest absolute Gasteiger partial charge is 0.335 e. The third-order valence-electron chi connectivity index (χ3n) is 2.88. The van der Waals surface area contributed by atoms with Gasteiger partial charge in [-0.05, 0) is 42.8 Å². The number of carbonyl (C=O) groups is 2. The van der Waals surface area contributed by atoms with Crippen molar-refractivity contribution in [1.29, 1.82) is 0 Å². The van der Waals surface area contributed by atoms with Gasteiger partial charge in [-0.2, -0.15) is 0 Å². The van der Waals surface area contributed by atoms with Crippen LogP contribution >= 0.6 is 15.9 Å². The monoisotopic (exact) mass is 333 g/mol. The van der Waals surface area contributed by atoms with Crippen LogP contribution in [-0.2, 0) is 0 Å². The molecule has 2 aromatic rings. The van der Waals surface area contributed by atoms with Crippen molar-refractivity contribution in [1.82, 2.24) is 0 Å². The Morgan fingerprint density at radius 1 is 1.15 bits per heavy atom. The first-order valence-electron chi connectivity index (χ1n) is 5.89. The van der Waals surface area contributed by atoms with Crippen molar-refractivity contribution in [2.45, 2.75) is 6.92 Å². The number of aromatic carboxylic acids is 1. The molecule has 102 valence electrons. The van der Waals surface area contributed by atoms with Crippen molar-refractivity contribution in [3.63, 3.8) is 0 Å². The number of carbonyl (C=O) groups excluding carboxylic acids is 1. The fourth-order valence-electron chi connectivity index (χ4n) is 1.78. The van der Waals surface area contributed by atoms with Crippen molar-refractivity contribution < 1.29 is 14.7 Å². The summed E-state index contributed by atoms with van der Waals surface area (Å²) in [6.45, 7) is 1.84. The maximum absolute atomic E-state index is 12.2. The van der Waals surface area contributed by atoms with Crippen molar-refractivity contribution >= 4 is 33.5 Å². The summed E-state index contributed by atoms with van der Waals surface area (Å²) >= 11 is 3.37. The summed E-state index contributed by atoms with van der Waals surface area (Å²) in [5.41, 5.74) is 1.96. The van der Waals surface area contributed by atoms with E-state index in [4.69, 9.17) is 5.11 Å². The van der Waals surface area contributed by atoms with E-state index in [2.05, 4.69) is 21.2 Å². The second-order valence-corrected chi connectivity index (χ2v) is 5.11. The Morgan fingerprint density at radius 2 is 1.85 bits per heavy atom. The highest BCUT2D eigenvalue weighted by Crippen LogP contribution is 2.20. The number of anilines is 1. The minimum atomic E-state index is -1.03. The summed E-state index contributed by atoms with van der Waals surface area (Å²) in [5, 5.41) is 11.6. The van der Waals surface area contributed by atoms with E-state index in [1.165, 1.54) is 12.1 Å². The van der Waals surface area contributed by atoms with Gasteiger partial charge in [0.05, 0.1) is 5.56 Å². The summed E-state index contributed by atoms with van der Waals surface area (Å²) in [7, 11) is 0. The molecular weight excluding hydrogens is 322 g/mol. The molecule has 0 aliphatic heterocycles. The van der Waals surface area contributed by atoms with Crippen LogP contribution < -0.4 is 5.32 Å². The van der Waals surface area contributed by atoms with Crippen LogP contribution in [0, 0.1) is 6.92 Å². The molecule has 0 heterocycles. The predicted octanol–water partition coefficient (Wildman–Crippen LogP) is 3.71. The number of amides is 1. The molecule has 2 aromatic carbocycles. The first-order chi connectivity index (χ1) is 9.49. The van der Waals surface area contributed by atoms with Crippen LogP contribution in [0.3, 0.4) is 0 Å². The molecule has 0 saturated heterocycles. The summed E-state index contributed by atoms with van der Waals surface area (Å²) in [6.07, 6.45) is 0. The fourth-order valence-corrected chi connectivity index (χ4v) is 2.15. The zero-order valence-corrected chi connectivity index (χ0v) is 12.3. The largest absolute Gasteiger partial charge is 0.478 e. The molecular formula is C15H12BrNO3. The Kier molecular flexibility index (Phi) is 4.20. The normalized spacial score (nSPS) is 10.1. The van der Waals surface area contributed by atoms with Gasteiger partial charge in [-0.15, -0.1) is 0 Å². The molecule has 2 N–H and O–H groups in total. The summed E-state index contributed by atoms with van der Waals surface area (Å²) in [4.78, 5) is 23.1. The zero-order chi connectivity index (χ0) is 14.7. The lowest BCUT2D eigenvalue weighted by Gasteiger charge is -2.09. The number of rotatable bonds is 3. The van der Waals surface area contributed by atoms with Gasteiger partial charge in [-0.1, -0.05) is 28.1 Å². The maximum Gasteiger partial charge on any atom is 0.335 e. The van der Waals surface area contributed by atoms with E-state index in [9.17, 15) is 9.59 Å². The fraction of sp³-hybridized carbons (Fsp3) is 0.0667. The van der Waals surface area contributed by atoms with Crippen molar-refractivity contribution in [3.8, 4) is 0 Å². The summed E-state index contributed by atoms with van der Waals surface area (Å²) in [5.74, 6) is -1.30. The number of hydrogen-bond acceptors (Lipinski definition) is 2. The molecule has 2 rings (SSSR count). The van der Waals surface area contributed by atoms with Crippen LogP contribution in [0.15, 0.2) is 46.9 Å². The van der Waals surface area contributed by atoms with Gasteiger partial charge >= 0.3 is 5.97 Å². The second-order valence-electron chi connectivity index (χ2n) is 4.25. The number of carboxylic acid groups (broad SMARTS) is 1. The molecule has 0 fully saturated rings. The lowest BCUT2D eigenvalue weighted by atomic mass is 10.1. The minimum Gasteiger partial charge on any atom is -0.478 e. The SMILES string of the molecule is Cc1c(Br)cccc1C(=O)Nc1cccc(C(=O)O)c1. The number of hydrogen-bond donors (Lipinski definition) is 2. The van der Waals surface area contributed by atoms with Gasteiger partial charge in [0.2, 0.25) is 0 Å². The highest BCUT2D eigenvalue weighted by atomic mass is 79.9.